The summed E-state index contributed by atoms with van der Waals surface area (Å²) in [5.41, 5.74) is 5.98. The molecule has 2 heterocycles. The minimum Gasteiger partial charge on any atom is -0.497 e. The van der Waals surface area contributed by atoms with E-state index in [0.717, 1.165) is 4.68 Å². The van der Waals surface area contributed by atoms with Crippen molar-refractivity contribution in [2.24, 2.45) is 5.73 Å². The van der Waals surface area contributed by atoms with E-state index in [1.807, 2.05) is 0 Å². The third kappa shape index (κ3) is 6.02. The molecule has 1 unspecified atom stereocenters. The number of aliphatic hydroxyl groups excluding tert-OH is 1. The highest BCUT2D eigenvalue weighted by Gasteiger charge is 2.27. The molecule has 1 atom stereocenters. The van der Waals surface area contributed by atoms with Gasteiger partial charge >= 0.3 is 5.69 Å². The van der Waals surface area contributed by atoms with E-state index in [0.29, 0.717) is 11.3 Å². The molecule has 4 aromatic rings. The summed E-state index contributed by atoms with van der Waals surface area (Å²) in [6.45, 7) is -0.449. The van der Waals surface area contributed by atoms with Gasteiger partial charge < -0.3 is 25.6 Å². The number of hydrogen-bond acceptors (Lipinski definition) is 9. The molecule has 37 heavy (non-hydrogen) atoms. The fourth-order valence-electron chi connectivity index (χ4n) is 3.39. The van der Waals surface area contributed by atoms with E-state index in [-0.39, 0.29) is 60.3 Å². The lowest BCUT2D eigenvalue weighted by molar-refractivity contribution is 0.195. The van der Waals surface area contributed by atoms with Crippen molar-refractivity contribution in [2.75, 3.05) is 25.6 Å². The molecular weight excluding hydrogens is 507 g/mol. The van der Waals surface area contributed by atoms with Crippen LogP contribution in [-0.4, -0.2) is 56.0 Å². The molecule has 0 fully saturated rings. The Morgan fingerprint density at radius 3 is 2.59 bits per heavy atom. The van der Waals surface area contributed by atoms with Crippen molar-refractivity contribution in [1.29, 1.82) is 5.41 Å². The van der Waals surface area contributed by atoms with Crippen LogP contribution in [0.15, 0.2) is 59.7 Å². The molecular formula is C23H24ClFN8O4. The average Bonchev–Trinajstić information content (AvgIpc) is 3.28. The van der Waals surface area contributed by atoms with Crippen molar-refractivity contribution in [3.8, 4) is 17.4 Å². The molecule has 0 bridgehead atoms. The van der Waals surface area contributed by atoms with Gasteiger partial charge in [-0.25, -0.2) is 19.2 Å². The maximum atomic E-state index is 15.7. The van der Waals surface area contributed by atoms with Crippen molar-refractivity contribution in [3.05, 3.63) is 88.1 Å². The van der Waals surface area contributed by atoms with Crippen LogP contribution in [0.25, 0.3) is 5.95 Å². The number of nitrogens with two attached hydrogens (primary N) is 1. The number of rotatable bonds is 10. The predicted molar refractivity (Wildman–Crippen MR) is 135 cm³/mol. The Bertz CT molecular complexity index is 1410. The third-order valence-electron chi connectivity index (χ3n) is 5.09. The second-order valence-corrected chi connectivity index (χ2v) is 7.45. The van der Waals surface area contributed by atoms with Crippen molar-refractivity contribution >= 4 is 23.9 Å². The molecule has 4 rings (SSSR count). The minimum absolute atomic E-state index is 0. The standard InChI is InChI=1S/C23H23FN8O4.ClH/c1-35-15-11-16(18(24)17(12-15)36-10-9-33)19(29-14-5-3-13(4-6-14)20(25)26)21-30-23(34)32(31-21)22-27-7-2-8-28-22;/h2-8,11-12,19,29,33H,9-10H2,1H3,(H3,25,26)(H,30,31,34);1H. The number of amidine groups is 1. The molecule has 0 saturated carbocycles. The number of ether oxygens (including phenoxy) is 2. The Labute approximate surface area is 216 Å². The topological polar surface area (TPSA) is 177 Å². The molecule has 0 spiro atoms. The second-order valence-electron chi connectivity index (χ2n) is 7.45. The van der Waals surface area contributed by atoms with Gasteiger partial charge in [0.05, 0.1) is 13.7 Å². The molecule has 14 heteroatoms. The smallest absolute Gasteiger partial charge is 0.350 e. The lowest BCUT2D eigenvalue weighted by Crippen LogP contribution is -2.18. The third-order valence-corrected chi connectivity index (χ3v) is 5.09. The summed E-state index contributed by atoms with van der Waals surface area (Å²) in [5, 5.41) is 24.1. The van der Waals surface area contributed by atoms with Crippen LogP contribution >= 0.6 is 12.4 Å². The van der Waals surface area contributed by atoms with Gasteiger partial charge in [0.15, 0.2) is 17.4 Å². The van der Waals surface area contributed by atoms with Crippen LogP contribution in [-0.2, 0) is 0 Å². The number of nitrogens with one attached hydrogen (secondary N) is 3. The van der Waals surface area contributed by atoms with Gasteiger partial charge in [-0.2, -0.15) is 0 Å². The number of H-pyrrole nitrogens is 1. The lowest BCUT2D eigenvalue weighted by atomic mass is 10.0. The molecule has 2 aromatic carbocycles. The van der Waals surface area contributed by atoms with Gasteiger partial charge in [-0.1, -0.05) is 0 Å². The van der Waals surface area contributed by atoms with Crippen molar-refractivity contribution in [2.45, 2.75) is 6.04 Å². The summed E-state index contributed by atoms with van der Waals surface area (Å²) in [6, 6.07) is 9.91. The number of aromatic nitrogens is 5. The highest BCUT2D eigenvalue weighted by molar-refractivity contribution is 5.95. The number of nitrogen functional groups attached to an aromatic ring is 1. The first-order valence-electron chi connectivity index (χ1n) is 10.7. The zero-order chi connectivity index (χ0) is 25.7. The molecule has 0 aliphatic rings. The van der Waals surface area contributed by atoms with E-state index in [9.17, 15) is 4.79 Å². The van der Waals surface area contributed by atoms with Gasteiger partial charge in [0, 0.05) is 35.3 Å². The van der Waals surface area contributed by atoms with E-state index in [4.69, 9.17) is 25.7 Å². The van der Waals surface area contributed by atoms with Crippen molar-refractivity contribution in [1.82, 2.24) is 24.7 Å². The van der Waals surface area contributed by atoms with Gasteiger partial charge in [0.1, 0.15) is 24.2 Å². The van der Waals surface area contributed by atoms with E-state index in [2.05, 4.69) is 25.4 Å². The molecule has 2 aromatic heterocycles. The fraction of sp³-hybridized carbons (Fsp3) is 0.174. The van der Waals surface area contributed by atoms with Crippen LogP contribution in [0.3, 0.4) is 0 Å². The van der Waals surface area contributed by atoms with Gasteiger partial charge in [-0.05, 0) is 36.4 Å². The number of methoxy groups -OCH3 is 1. The molecule has 12 nitrogen and oxygen atoms in total. The highest BCUT2D eigenvalue weighted by atomic mass is 35.5. The Kier molecular flexibility index (Phi) is 8.77. The Morgan fingerprint density at radius 2 is 1.97 bits per heavy atom. The summed E-state index contributed by atoms with van der Waals surface area (Å²) < 4.78 is 27.3. The monoisotopic (exact) mass is 530 g/mol. The van der Waals surface area contributed by atoms with E-state index >= 15 is 4.39 Å². The Balaban J connectivity index is 0.00000380. The highest BCUT2D eigenvalue weighted by Crippen LogP contribution is 2.34. The van der Waals surface area contributed by atoms with E-state index in [1.165, 1.54) is 31.6 Å². The summed E-state index contributed by atoms with van der Waals surface area (Å²) in [4.78, 5) is 23.4. The van der Waals surface area contributed by atoms with E-state index < -0.39 is 17.5 Å². The molecule has 0 aliphatic carbocycles. The number of benzene rings is 2. The Hall–Kier alpha value is -4.49. The lowest BCUT2D eigenvalue weighted by Gasteiger charge is -2.21. The quantitative estimate of drug-likeness (QED) is 0.151. The largest absolute Gasteiger partial charge is 0.497 e. The van der Waals surface area contributed by atoms with Crippen LogP contribution in [0.1, 0.15) is 23.0 Å². The number of halogens is 2. The summed E-state index contributed by atoms with van der Waals surface area (Å²) in [7, 11) is 1.42. The van der Waals surface area contributed by atoms with Gasteiger partial charge in [-0.15, -0.1) is 22.2 Å². The first kappa shape index (κ1) is 27.1. The maximum absolute atomic E-state index is 15.7. The molecule has 0 amide bonds. The van der Waals surface area contributed by atoms with Crippen molar-refractivity contribution < 1.29 is 19.0 Å². The fourth-order valence-corrected chi connectivity index (χ4v) is 3.39. The van der Waals surface area contributed by atoms with Gasteiger partial charge in [0.25, 0.3) is 5.95 Å². The SMILES string of the molecule is COc1cc(OCCO)c(F)c(C(Nc2ccc(C(=N)N)cc2)c2nn(-c3ncccn3)c(=O)[nH]2)c1.Cl. The molecule has 194 valence electrons. The maximum Gasteiger partial charge on any atom is 0.350 e. The van der Waals surface area contributed by atoms with Crippen molar-refractivity contribution in [3.63, 3.8) is 0 Å². The molecule has 6 N–H and O–H groups in total. The molecule has 0 radical (unpaired) electrons. The van der Waals surface area contributed by atoms with E-state index in [1.54, 1.807) is 30.3 Å². The van der Waals surface area contributed by atoms with Gasteiger partial charge in [-0.3, -0.25) is 10.4 Å². The zero-order valence-electron chi connectivity index (χ0n) is 19.5. The minimum atomic E-state index is -1.03. The van der Waals surface area contributed by atoms with Crippen LogP contribution in [0, 0.1) is 11.2 Å². The normalized spacial score (nSPS) is 11.3. The number of anilines is 1. The molecule has 0 saturated heterocycles. The van der Waals surface area contributed by atoms with Crippen LogP contribution in [0.5, 0.6) is 11.5 Å². The second kappa shape index (κ2) is 12.0. The molecule has 0 aliphatic heterocycles. The summed E-state index contributed by atoms with van der Waals surface area (Å²) in [5.74, 6) is -0.616. The summed E-state index contributed by atoms with van der Waals surface area (Å²) in [6.07, 6.45) is 2.92. The first-order valence-corrected chi connectivity index (χ1v) is 10.7. The van der Waals surface area contributed by atoms with Crippen LogP contribution in [0.2, 0.25) is 0 Å². The summed E-state index contributed by atoms with van der Waals surface area (Å²) >= 11 is 0. The van der Waals surface area contributed by atoms with Gasteiger partial charge in [0.2, 0.25) is 0 Å². The Morgan fingerprint density at radius 1 is 1.27 bits per heavy atom. The number of aromatic amines is 1. The van der Waals surface area contributed by atoms with Crippen LogP contribution in [0.4, 0.5) is 10.1 Å². The average molecular weight is 531 g/mol. The zero-order valence-corrected chi connectivity index (χ0v) is 20.3. The first-order chi connectivity index (χ1) is 17.4. The number of hydrogen-bond donors (Lipinski definition) is 5. The predicted octanol–water partition coefficient (Wildman–Crippen LogP) is 1.78. The van der Waals surface area contributed by atoms with Crippen LogP contribution < -0.4 is 26.2 Å². The number of aliphatic hydroxyl groups is 1. The number of nitrogens with zero attached hydrogens (tertiary/aromatic N) is 4.